The number of benzene rings is 3. The summed E-state index contributed by atoms with van der Waals surface area (Å²) in [6.45, 7) is 2.93. The van der Waals surface area contributed by atoms with E-state index < -0.39 is 0 Å². The summed E-state index contributed by atoms with van der Waals surface area (Å²) in [6.07, 6.45) is 0. The fourth-order valence-electron chi connectivity index (χ4n) is 3.55. The molecule has 1 aliphatic heterocycles. The van der Waals surface area contributed by atoms with E-state index in [-0.39, 0.29) is 17.7 Å². The minimum atomic E-state index is -0.305. The van der Waals surface area contributed by atoms with Crippen LogP contribution < -0.4 is 15.1 Å². The maximum Gasteiger partial charge on any atom is 0.255 e. The van der Waals surface area contributed by atoms with Crippen molar-refractivity contribution < 1.29 is 14.4 Å². The minimum absolute atomic E-state index is 0.176. The van der Waals surface area contributed by atoms with Gasteiger partial charge in [0.25, 0.3) is 5.91 Å². The van der Waals surface area contributed by atoms with Gasteiger partial charge in [-0.3, -0.25) is 24.2 Å². The van der Waals surface area contributed by atoms with Crippen molar-refractivity contribution in [3.8, 4) is 0 Å². The van der Waals surface area contributed by atoms with Crippen LogP contribution in [0.15, 0.2) is 66.7 Å². The van der Waals surface area contributed by atoms with Gasteiger partial charge in [0, 0.05) is 30.1 Å². The third-order valence-corrected chi connectivity index (χ3v) is 5.07. The largest absolute Gasteiger partial charge is 0.322 e. The molecule has 30 heavy (non-hydrogen) atoms. The average molecular weight is 420 g/mol. The van der Waals surface area contributed by atoms with Gasteiger partial charge in [0.05, 0.1) is 22.7 Å². The molecule has 6 nitrogen and oxygen atoms in total. The average Bonchev–Trinajstić information content (AvgIpc) is 2.71. The number of hydrogen-bond donors (Lipinski definition) is 1. The second-order valence-corrected chi connectivity index (χ2v) is 7.30. The molecule has 3 aromatic rings. The topological polar surface area (TPSA) is 69.7 Å². The molecule has 1 aliphatic rings. The van der Waals surface area contributed by atoms with Crippen molar-refractivity contribution in [2.45, 2.75) is 13.8 Å². The Morgan fingerprint density at radius 1 is 0.733 bits per heavy atom. The van der Waals surface area contributed by atoms with E-state index >= 15 is 0 Å². The van der Waals surface area contributed by atoms with Crippen LogP contribution in [-0.4, -0.2) is 17.7 Å². The summed E-state index contributed by atoms with van der Waals surface area (Å²) in [4.78, 5) is 40.6. The van der Waals surface area contributed by atoms with Crippen LogP contribution in [0.1, 0.15) is 24.2 Å². The molecule has 0 aromatic heterocycles. The fourth-order valence-corrected chi connectivity index (χ4v) is 3.68. The molecule has 0 atom stereocenters. The molecule has 150 valence electrons. The van der Waals surface area contributed by atoms with E-state index in [0.717, 1.165) is 0 Å². The van der Waals surface area contributed by atoms with Gasteiger partial charge < -0.3 is 5.32 Å². The van der Waals surface area contributed by atoms with E-state index in [9.17, 15) is 14.4 Å². The number of fused-ring (bicyclic) bond motifs is 2. The Morgan fingerprint density at radius 3 is 1.83 bits per heavy atom. The van der Waals surface area contributed by atoms with E-state index in [1.54, 1.807) is 64.4 Å². The third-order valence-electron chi connectivity index (χ3n) is 4.81. The van der Waals surface area contributed by atoms with Crippen LogP contribution in [0.2, 0.25) is 5.02 Å². The van der Waals surface area contributed by atoms with Gasteiger partial charge in [0.2, 0.25) is 11.8 Å². The first-order valence-corrected chi connectivity index (χ1v) is 9.66. The van der Waals surface area contributed by atoms with Gasteiger partial charge in [-0.15, -0.1) is 0 Å². The monoisotopic (exact) mass is 419 g/mol. The zero-order valence-electron chi connectivity index (χ0n) is 16.3. The zero-order valence-corrected chi connectivity index (χ0v) is 17.1. The second-order valence-electron chi connectivity index (χ2n) is 6.86. The molecule has 7 heteroatoms. The molecular weight excluding hydrogens is 402 g/mol. The molecule has 0 bridgehead atoms. The number of para-hydroxylation sites is 2. The first-order valence-electron chi connectivity index (χ1n) is 9.28. The van der Waals surface area contributed by atoms with E-state index in [1.807, 2.05) is 12.1 Å². The summed E-state index contributed by atoms with van der Waals surface area (Å²) in [5.41, 5.74) is 3.28. The predicted octanol–water partition coefficient (Wildman–Crippen LogP) is 5.27. The van der Waals surface area contributed by atoms with Crippen LogP contribution in [0.5, 0.6) is 0 Å². The summed E-state index contributed by atoms with van der Waals surface area (Å²) in [5.74, 6) is -0.682. The van der Waals surface area contributed by atoms with Gasteiger partial charge in [-0.1, -0.05) is 23.7 Å². The molecule has 1 N–H and O–H groups in total. The maximum atomic E-state index is 12.6. The number of rotatable bonds is 2. The molecule has 3 aromatic carbocycles. The Labute approximate surface area is 178 Å². The lowest BCUT2D eigenvalue weighted by Gasteiger charge is -2.37. The van der Waals surface area contributed by atoms with Gasteiger partial charge in [0.1, 0.15) is 0 Å². The van der Waals surface area contributed by atoms with Crippen LogP contribution in [0.3, 0.4) is 0 Å². The molecule has 3 amide bonds. The molecule has 1 heterocycles. The number of amides is 3. The van der Waals surface area contributed by atoms with Crippen molar-refractivity contribution >= 4 is 57.8 Å². The Kier molecular flexibility index (Phi) is 5.01. The Hall–Kier alpha value is -3.64. The molecule has 0 fully saturated rings. The highest BCUT2D eigenvalue weighted by Gasteiger charge is 2.32. The second kappa shape index (κ2) is 7.65. The van der Waals surface area contributed by atoms with Gasteiger partial charge in [0.15, 0.2) is 0 Å². The number of hydrogen-bond acceptors (Lipinski definition) is 3. The normalized spacial score (nSPS) is 12.1. The van der Waals surface area contributed by atoms with Crippen molar-refractivity contribution in [1.82, 2.24) is 0 Å². The van der Waals surface area contributed by atoms with Gasteiger partial charge in [-0.25, -0.2) is 0 Å². The Morgan fingerprint density at radius 2 is 1.27 bits per heavy atom. The highest BCUT2D eigenvalue weighted by atomic mass is 35.5. The van der Waals surface area contributed by atoms with Crippen LogP contribution >= 0.6 is 11.6 Å². The quantitative estimate of drug-likeness (QED) is 0.614. The van der Waals surface area contributed by atoms with Crippen LogP contribution in [-0.2, 0) is 9.59 Å². The van der Waals surface area contributed by atoms with Crippen molar-refractivity contribution in [2.75, 3.05) is 15.1 Å². The molecule has 0 saturated carbocycles. The molecule has 0 aliphatic carbocycles. The third kappa shape index (κ3) is 3.42. The number of carbonyl (C=O) groups is 3. The molecule has 0 radical (unpaired) electrons. The van der Waals surface area contributed by atoms with Crippen LogP contribution in [0, 0.1) is 0 Å². The van der Waals surface area contributed by atoms with E-state index in [0.29, 0.717) is 39.0 Å². The standard InChI is InChI=1S/C23H18ClN3O3/c1-14(28)26-19-5-3-4-6-20(19)27(15(2)29)22-13-18(11-12-21(22)26)25-23(30)16-7-9-17(24)10-8-16/h3-13H,1-2H3,(H,25,30). The highest BCUT2D eigenvalue weighted by Crippen LogP contribution is 2.48. The number of carbonyl (C=O) groups excluding carboxylic acids is 3. The number of halogens is 1. The highest BCUT2D eigenvalue weighted by molar-refractivity contribution is 6.30. The Balaban J connectivity index is 1.77. The first-order chi connectivity index (χ1) is 14.4. The lowest BCUT2D eigenvalue weighted by atomic mass is 10.1. The van der Waals surface area contributed by atoms with E-state index in [4.69, 9.17) is 11.6 Å². The van der Waals surface area contributed by atoms with Gasteiger partial charge >= 0.3 is 0 Å². The van der Waals surface area contributed by atoms with Crippen molar-refractivity contribution in [3.63, 3.8) is 0 Å². The molecule has 4 rings (SSSR count). The lowest BCUT2D eigenvalue weighted by Crippen LogP contribution is -2.34. The Bertz CT molecular complexity index is 1170. The molecule has 0 unspecified atom stereocenters. The lowest BCUT2D eigenvalue weighted by molar-refractivity contribution is -0.117. The van der Waals surface area contributed by atoms with E-state index in [2.05, 4.69) is 5.32 Å². The molecule has 0 spiro atoms. The number of anilines is 5. The summed E-state index contributed by atoms with van der Waals surface area (Å²) >= 11 is 5.88. The minimum Gasteiger partial charge on any atom is -0.322 e. The van der Waals surface area contributed by atoms with Crippen LogP contribution in [0.25, 0.3) is 0 Å². The zero-order chi connectivity index (χ0) is 21.4. The van der Waals surface area contributed by atoms with Crippen molar-refractivity contribution in [3.05, 3.63) is 77.3 Å². The molecule has 0 saturated heterocycles. The van der Waals surface area contributed by atoms with Crippen molar-refractivity contribution in [1.29, 1.82) is 0 Å². The van der Waals surface area contributed by atoms with Crippen molar-refractivity contribution in [2.24, 2.45) is 0 Å². The van der Waals surface area contributed by atoms with Crippen LogP contribution in [0.4, 0.5) is 28.4 Å². The fraction of sp³-hybridized carbons (Fsp3) is 0.0870. The van der Waals surface area contributed by atoms with E-state index in [1.165, 1.54) is 13.8 Å². The summed E-state index contributed by atoms with van der Waals surface area (Å²) in [7, 11) is 0. The summed E-state index contributed by atoms with van der Waals surface area (Å²) in [5, 5.41) is 3.37. The number of nitrogens with zero attached hydrogens (tertiary/aromatic N) is 2. The molecular formula is C23H18ClN3O3. The van der Waals surface area contributed by atoms with Gasteiger partial charge in [-0.05, 0) is 54.6 Å². The summed E-state index contributed by atoms with van der Waals surface area (Å²) < 4.78 is 0. The van der Waals surface area contributed by atoms with Gasteiger partial charge in [-0.2, -0.15) is 0 Å². The smallest absolute Gasteiger partial charge is 0.255 e. The summed E-state index contributed by atoms with van der Waals surface area (Å²) in [6, 6.07) is 18.9. The SMILES string of the molecule is CC(=O)N1c2ccccc2N(C(C)=O)c2cc(NC(=O)c3ccc(Cl)cc3)ccc21. The maximum absolute atomic E-state index is 12.6. The predicted molar refractivity (Wildman–Crippen MR) is 118 cm³/mol. The number of nitrogens with one attached hydrogen (secondary N) is 1. The first kappa shape index (κ1) is 19.7.